The number of amides is 1. The Kier molecular flexibility index (Phi) is 4.43. The molecule has 1 amide bonds. The first-order valence-electron chi connectivity index (χ1n) is 6.38. The molecule has 124 valence electrons. The second-order valence-electron chi connectivity index (χ2n) is 4.76. The number of aliphatic carboxylic acids is 1. The molecule has 1 atom stereocenters. The van der Waals surface area contributed by atoms with Crippen molar-refractivity contribution in [1.29, 1.82) is 0 Å². The lowest BCUT2D eigenvalue weighted by atomic mass is 10.2. The Bertz CT molecular complexity index is 720. The van der Waals surface area contributed by atoms with Gasteiger partial charge in [0.05, 0.1) is 6.42 Å². The highest BCUT2D eigenvalue weighted by atomic mass is 19.4. The summed E-state index contributed by atoms with van der Waals surface area (Å²) in [6.07, 6.45) is -6.40. The van der Waals surface area contributed by atoms with Crippen LogP contribution in [-0.2, 0) is 4.79 Å². The maximum atomic E-state index is 12.3. The number of aromatic nitrogens is 2. The number of alkyl halides is 3. The number of carbonyl (C=O) groups is 2. The van der Waals surface area contributed by atoms with Crippen molar-refractivity contribution >= 4 is 11.9 Å². The third-order valence-electron chi connectivity index (χ3n) is 2.86. The minimum absolute atomic E-state index is 0.248. The number of furan rings is 1. The van der Waals surface area contributed by atoms with E-state index in [1.54, 1.807) is 24.4 Å². The average molecular weight is 331 g/mol. The van der Waals surface area contributed by atoms with Gasteiger partial charge in [-0.05, 0) is 19.1 Å². The van der Waals surface area contributed by atoms with Crippen LogP contribution < -0.4 is 5.32 Å². The van der Waals surface area contributed by atoms with Crippen molar-refractivity contribution < 1.29 is 32.3 Å². The maximum absolute atomic E-state index is 12.3. The van der Waals surface area contributed by atoms with E-state index in [4.69, 9.17) is 9.52 Å². The van der Waals surface area contributed by atoms with Gasteiger partial charge in [0.1, 0.15) is 17.5 Å². The predicted octanol–water partition coefficient (Wildman–Crippen LogP) is 2.11. The standard InChI is InChI=1S/C13H12F3N3O4/c1-6-2-3-10(23-6)7-4-8(19-18-7)11(20)17-9(12(21)22)5-13(14,15)16/h2-4,9H,5H2,1H3,(H,17,20)(H,18,19)(H,21,22). The highest BCUT2D eigenvalue weighted by Gasteiger charge is 2.36. The number of hydrogen-bond acceptors (Lipinski definition) is 4. The van der Waals surface area contributed by atoms with Crippen LogP contribution in [0.15, 0.2) is 22.6 Å². The monoisotopic (exact) mass is 331 g/mol. The molecule has 0 saturated heterocycles. The van der Waals surface area contributed by atoms with E-state index in [1.165, 1.54) is 6.07 Å². The predicted molar refractivity (Wildman–Crippen MR) is 70.6 cm³/mol. The zero-order valence-corrected chi connectivity index (χ0v) is 11.8. The number of halogens is 3. The summed E-state index contributed by atoms with van der Waals surface area (Å²) in [4.78, 5) is 22.7. The smallest absolute Gasteiger partial charge is 0.391 e. The molecule has 10 heteroatoms. The van der Waals surface area contributed by atoms with E-state index in [0.717, 1.165) is 0 Å². The summed E-state index contributed by atoms with van der Waals surface area (Å²) < 4.78 is 42.2. The van der Waals surface area contributed by atoms with Crippen LogP contribution in [0, 0.1) is 6.92 Å². The molecule has 23 heavy (non-hydrogen) atoms. The Morgan fingerprint density at radius 3 is 2.65 bits per heavy atom. The number of nitrogens with zero attached hydrogens (tertiary/aromatic N) is 1. The molecule has 0 aliphatic carbocycles. The summed E-state index contributed by atoms with van der Waals surface area (Å²) >= 11 is 0. The van der Waals surface area contributed by atoms with Crippen LogP contribution in [0.1, 0.15) is 22.7 Å². The van der Waals surface area contributed by atoms with Crippen molar-refractivity contribution in [3.63, 3.8) is 0 Å². The molecule has 0 aromatic carbocycles. The lowest BCUT2D eigenvalue weighted by Crippen LogP contribution is -2.43. The Morgan fingerprint density at radius 2 is 2.13 bits per heavy atom. The fraction of sp³-hybridized carbons (Fsp3) is 0.308. The average Bonchev–Trinajstić information content (AvgIpc) is 3.04. The van der Waals surface area contributed by atoms with Gasteiger partial charge in [-0.15, -0.1) is 0 Å². The van der Waals surface area contributed by atoms with Crippen molar-refractivity contribution in [3.8, 4) is 11.5 Å². The molecule has 2 heterocycles. The third kappa shape index (κ3) is 4.34. The molecule has 0 fully saturated rings. The number of carboxylic acid groups (broad SMARTS) is 1. The van der Waals surface area contributed by atoms with Crippen molar-refractivity contribution in [2.45, 2.75) is 25.6 Å². The minimum atomic E-state index is -4.72. The van der Waals surface area contributed by atoms with Gasteiger partial charge in [-0.2, -0.15) is 18.3 Å². The van der Waals surface area contributed by atoms with Crippen LogP contribution in [0.2, 0.25) is 0 Å². The summed E-state index contributed by atoms with van der Waals surface area (Å²) in [5, 5.41) is 16.7. The van der Waals surface area contributed by atoms with Gasteiger partial charge in [-0.25, -0.2) is 4.79 Å². The van der Waals surface area contributed by atoms with Crippen LogP contribution in [-0.4, -0.2) is 39.4 Å². The Balaban J connectivity index is 2.11. The summed E-state index contributed by atoms with van der Waals surface area (Å²) in [5.74, 6) is -1.81. The lowest BCUT2D eigenvalue weighted by molar-refractivity contribution is -0.157. The van der Waals surface area contributed by atoms with Gasteiger partial charge in [0, 0.05) is 6.07 Å². The number of nitrogens with one attached hydrogen (secondary N) is 2. The lowest BCUT2D eigenvalue weighted by Gasteiger charge is -2.15. The first kappa shape index (κ1) is 16.6. The molecule has 0 bridgehead atoms. The van der Waals surface area contributed by atoms with Gasteiger partial charge in [0.15, 0.2) is 11.5 Å². The van der Waals surface area contributed by atoms with Crippen LogP contribution in [0.4, 0.5) is 13.2 Å². The normalized spacial score (nSPS) is 12.9. The van der Waals surface area contributed by atoms with Gasteiger partial charge in [-0.1, -0.05) is 0 Å². The van der Waals surface area contributed by atoms with Gasteiger partial charge in [-0.3, -0.25) is 9.89 Å². The molecule has 2 rings (SSSR count). The summed E-state index contributed by atoms with van der Waals surface area (Å²) in [7, 11) is 0. The van der Waals surface area contributed by atoms with Gasteiger partial charge < -0.3 is 14.8 Å². The summed E-state index contributed by atoms with van der Waals surface area (Å²) in [5.41, 5.74) is 0.0911. The first-order chi connectivity index (χ1) is 10.7. The topological polar surface area (TPSA) is 108 Å². The molecule has 0 aliphatic rings. The molecule has 2 aromatic heterocycles. The van der Waals surface area contributed by atoms with Crippen LogP contribution in [0.25, 0.3) is 11.5 Å². The fourth-order valence-electron chi connectivity index (χ4n) is 1.81. The number of carboxylic acids is 1. The number of aromatic amines is 1. The van der Waals surface area contributed by atoms with E-state index in [9.17, 15) is 22.8 Å². The second-order valence-corrected chi connectivity index (χ2v) is 4.76. The number of hydrogen-bond donors (Lipinski definition) is 3. The van der Waals surface area contributed by atoms with Crippen molar-refractivity contribution in [3.05, 3.63) is 29.7 Å². The Hall–Kier alpha value is -2.78. The van der Waals surface area contributed by atoms with Gasteiger partial charge in [0.25, 0.3) is 5.91 Å². The van der Waals surface area contributed by atoms with Crippen LogP contribution >= 0.6 is 0 Å². The van der Waals surface area contributed by atoms with E-state index >= 15 is 0 Å². The van der Waals surface area contributed by atoms with Gasteiger partial charge >= 0.3 is 12.1 Å². The van der Waals surface area contributed by atoms with E-state index in [0.29, 0.717) is 17.2 Å². The van der Waals surface area contributed by atoms with Crippen molar-refractivity contribution in [2.75, 3.05) is 0 Å². The minimum Gasteiger partial charge on any atom is -0.480 e. The number of rotatable bonds is 5. The molecule has 3 N–H and O–H groups in total. The Labute approximate surface area is 127 Å². The first-order valence-corrected chi connectivity index (χ1v) is 6.38. The SMILES string of the molecule is Cc1ccc(-c2cc(C(=O)NC(CC(F)(F)F)C(=O)O)n[nH]2)o1. The summed E-state index contributed by atoms with van der Waals surface area (Å²) in [6, 6.07) is 2.46. The molecule has 0 saturated carbocycles. The second kappa shape index (κ2) is 6.15. The van der Waals surface area contributed by atoms with Crippen LogP contribution in [0.5, 0.6) is 0 Å². The zero-order chi connectivity index (χ0) is 17.2. The number of H-pyrrole nitrogens is 1. The third-order valence-corrected chi connectivity index (χ3v) is 2.86. The highest BCUT2D eigenvalue weighted by molar-refractivity contribution is 5.95. The van der Waals surface area contributed by atoms with E-state index in [1.807, 2.05) is 0 Å². The molecule has 0 radical (unpaired) electrons. The summed E-state index contributed by atoms with van der Waals surface area (Å²) in [6.45, 7) is 1.71. The maximum Gasteiger partial charge on any atom is 0.391 e. The molecule has 2 aromatic rings. The van der Waals surface area contributed by atoms with Crippen molar-refractivity contribution in [1.82, 2.24) is 15.5 Å². The highest BCUT2D eigenvalue weighted by Crippen LogP contribution is 2.23. The number of aryl methyl sites for hydroxylation is 1. The van der Waals surface area contributed by atoms with Crippen LogP contribution in [0.3, 0.4) is 0 Å². The zero-order valence-electron chi connectivity index (χ0n) is 11.8. The van der Waals surface area contributed by atoms with Gasteiger partial charge in [0.2, 0.25) is 0 Å². The molecule has 7 nitrogen and oxygen atoms in total. The molecule has 1 unspecified atom stereocenters. The molecule has 0 spiro atoms. The quantitative estimate of drug-likeness (QED) is 0.777. The van der Waals surface area contributed by atoms with E-state index in [2.05, 4.69) is 10.2 Å². The largest absolute Gasteiger partial charge is 0.480 e. The molecule has 0 aliphatic heterocycles. The van der Waals surface area contributed by atoms with E-state index in [-0.39, 0.29) is 5.69 Å². The fourth-order valence-corrected chi connectivity index (χ4v) is 1.81. The van der Waals surface area contributed by atoms with E-state index < -0.39 is 30.5 Å². The molecular formula is C13H12F3N3O4. The van der Waals surface area contributed by atoms with Crippen molar-refractivity contribution in [2.24, 2.45) is 0 Å². The molecular weight excluding hydrogens is 319 g/mol. The Morgan fingerprint density at radius 1 is 1.43 bits per heavy atom. The number of carbonyl (C=O) groups excluding carboxylic acids is 1.